The minimum Gasteiger partial charge on any atom is -0.493 e. The number of guanidine groups is 1. The lowest BCUT2D eigenvalue weighted by Gasteiger charge is -2.32. The van der Waals surface area contributed by atoms with E-state index in [9.17, 15) is 18.5 Å². The molecular formula is C20H24N4O6S. The van der Waals surface area contributed by atoms with Gasteiger partial charge < -0.3 is 19.6 Å². The first-order chi connectivity index (χ1) is 14.6. The average Bonchev–Trinajstić information content (AvgIpc) is 2.72. The first-order valence-electron chi connectivity index (χ1n) is 9.66. The van der Waals surface area contributed by atoms with Gasteiger partial charge in [-0.25, -0.2) is 0 Å². The molecule has 166 valence electrons. The highest BCUT2D eigenvalue weighted by atomic mass is 32.2. The Morgan fingerprint density at radius 2 is 1.90 bits per heavy atom. The largest absolute Gasteiger partial charge is 0.493 e. The van der Waals surface area contributed by atoms with E-state index in [1.165, 1.54) is 24.3 Å². The van der Waals surface area contributed by atoms with Crippen LogP contribution in [0.5, 0.6) is 11.5 Å². The minimum absolute atomic E-state index is 0.0629. The Balaban J connectivity index is 1.67. The van der Waals surface area contributed by atoms with E-state index in [-0.39, 0.29) is 22.3 Å². The summed E-state index contributed by atoms with van der Waals surface area (Å²) in [6.07, 6.45) is 1.69. The van der Waals surface area contributed by atoms with Crippen LogP contribution in [0.25, 0.3) is 0 Å². The van der Waals surface area contributed by atoms with Gasteiger partial charge in [-0.05, 0) is 49.4 Å². The maximum atomic E-state index is 12.6. The molecule has 1 fully saturated rings. The maximum absolute atomic E-state index is 12.6. The number of benzene rings is 2. The van der Waals surface area contributed by atoms with Gasteiger partial charge in [-0.3, -0.25) is 15.5 Å². The van der Waals surface area contributed by atoms with Gasteiger partial charge >= 0.3 is 10.1 Å². The number of ether oxygens (including phenoxy) is 1. The molecule has 0 spiro atoms. The van der Waals surface area contributed by atoms with Gasteiger partial charge in [0.25, 0.3) is 5.69 Å². The standard InChI is InChI=1S/C20H24N4O6S/c1-14-9-17(29-13-15-5-7-23(8-6-15)20(21)22)12-18(10-14)30-31(27,28)19-4-2-3-16(11-19)24(25)26/h2-4,9-12,15H,5-8,13H2,1H3,(H3,21,22). The monoisotopic (exact) mass is 448 g/mol. The molecule has 0 aromatic heterocycles. The van der Waals surface area contributed by atoms with Crippen molar-refractivity contribution in [1.82, 2.24) is 4.90 Å². The SMILES string of the molecule is Cc1cc(OCC2CCN(C(=N)N)CC2)cc(OS(=O)(=O)c2cccc([N+](=O)[O-])c2)c1. The third kappa shape index (κ3) is 5.85. The molecule has 0 saturated carbocycles. The summed E-state index contributed by atoms with van der Waals surface area (Å²) >= 11 is 0. The van der Waals surface area contributed by atoms with E-state index in [0.717, 1.165) is 24.5 Å². The van der Waals surface area contributed by atoms with E-state index in [1.54, 1.807) is 19.1 Å². The van der Waals surface area contributed by atoms with Crippen molar-refractivity contribution < 1.29 is 22.3 Å². The molecule has 2 aromatic carbocycles. The Bertz CT molecular complexity index is 1080. The second kappa shape index (κ2) is 9.21. The first kappa shape index (κ1) is 22.3. The Morgan fingerprint density at radius 1 is 1.23 bits per heavy atom. The van der Waals surface area contributed by atoms with E-state index < -0.39 is 15.0 Å². The van der Waals surface area contributed by atoms with Crippen molar-refractivity contribution in [3.05, 3.63) is 58.1 Å². The molecule has 0 amide bonds. The molecule has 1 aliphatic rings. The van der Waals surface area contributed by atoms with Crippen LogP contribution in [0.2, 0.25) is 0 Å². The number of hydrogen-bond donors (Lipinski definition) is 2. The Kier molecular flexibility index (Phi) is 6.64. The number of non-ortho nitro benzene ring substituents is 1. The summed E-state index contributed by atoms with van der Waals surface area (Å²) in [6, 6.07) is 9.49. The number of aryl methyl sites for hydroxylation is 1. The Hall–Kier alpha value is -3.34. The highest BCUT2D eigenvalue weighted by Crippen LogP contribution is 2.28. The van der Waals surface area contributed by atoms with Gasteiger partial charge in [0.2, 0.25) is 0 Å². The fourth-order valence-corrected chi connectivity index (χ4v) is 4.28. The smallest absolute Gasteiger partial charge is 0.339 e. The molecule has 11 heteroatoms. The number of nitrogens with zero attached hydrogens (tertiary/aromatic N) is 2. The summed E-state index contributed by atoms with van der Waals surface area (Å²) in [6.45, 7) is 3.64. The van der Waals surface area contributed by atoms with Crippen LogP contribution in [0.4, 0.5) is 5.69 Å². The summed E-state index contributed by atoms with van der Waals surface area (Å²) in [7, 11) is -4.25. The van der Waals surface area contributed by atoms with Gasteiger partial charge in [0.05, 0.1) is 11.5 Å². The lowest BCUT2D eigenvalue weighted by molar-refractivity contribution is -0.385. The minimum atomic E-state index is -4.25. The second-order valence-electron chi connectivity index (χ2n) is 7.40. The quantitative estimate of drug-likeness (QED) is 0.216. The highest BCUT2D eigenvalue weighted by Gasteiger charge is 2.22. The number of nitrogens with one attached hydrogen (secondary N) is 1. The second-order valence-corrected chi connectivity index (χ2v) is 8.95. The van der Waals surface area contributed by atoms with Gasteiger partial charge in [0.1, 0.15) is 16.4 Å². The maximum Gasteiger partial charge on any atom is 0.339 e. The molecule has 3 N–H and O–H groups in total. The summed E-state index contributed by atoms with van der Waals surface area (Å²) in [5.41, 5.74) is 5.91. The van der Waals surface area contributed by atoms with Crippen LogP contribution < -0.4 is 14.7 Å². The fraction of sp³-hybridized carbons (Fsp3) is 0.350. The number of nitrogens with two attached hydrogens (primary N) is 1. The van der Waals surface area contributed by atoms with Gasteiger partial charge in [-0.15, -0.1) is 0 Å². The number of nitro groups is 1. The number of piperidine rings is 1. The lowest BCUT2D eigenvalue weighted by atomic mass is 9.98. The molecule has 2 aromatic rings. The molecule has 0 atom stereocenters. The van der Waals surface area contributed by atoms with Crippen molar-refractivity contribution in [3.63, 3.8) is 0 Å². The van der Waals surface area contributed by atoms with Gasteiger partial charge in [-0.2, -0.15) is 8.42 Å². The molecule has 31 heavy (non-hydrogen) atoms. The topological polar surface area (TPSA) is 149 Å². The number of likely N-dealkylation sites (tertiary alicyclic amines) is 1. The zero-order chi connectivity index (χ0) is 22.6. The van der Waals surface area contributed by atoms with Crippen molar-refractivity contribution in [2.45, 2.75) is 24.7 Å². The molecule has 3 rings (SSSR count). The zero-order valence-corrected chi connectivity index (χ0v) is 17.8. The van der Waals surface area contributed by atoms with Crippen LogP contribution in [0.3, 0.4) is 0 Å². The van der Waals surface area contributed by atoms with E-state index in [2.05, 4.69) is 0 Å². The van der Waals surface area contributed by atoms with Crippen LogP contribution in [-0.4, -0.2) is 43.9 Å². The molecule has 1 heterocycles. The molecule has 10 nitrogen and oxygen atoms in total. The lowest BCUT2D eigenvalue weighted by Crippen LogP contribution is -2.43. The zero-order valence-electron chi connectivity index (χ0n) is 17.0. The van der Waals surface area contributed by atoms with Crippen LogP contribution >= 0.6 is 0 Å². The van der Waals surface area contributed by atoms with Crippen molar-refractivity contribution in [3.8, 4) is 11.5 Å². The van der Waals surface area contributed by atoms with Crippen molar-refractivity contribution in [1.29, 1.82) is 5.41 Å². The van der Waals surface area contributed by atoms with Crippen molar-refractivity contribution in [2.24, 2.45) is 11.7 Å². The van der Waals surface area contributed by atoms with E-state index in [1.807, 2.05) is 4.90 Å². The van der Waals surface area contributed by atoms with Crippen molar-refractivity contribution >= 4 is 21.8 Å². The van der Waals surface area contributed by atoms with Crippen molar-refractivity contribution in [2.75, 3.05) is 19.7 Å². The molecule has 0 radical (unpaired) electrons. The normalized spacial score (nSPS) is 14.8. The predicted octanol–water partition coefficient (Wildman–Crippen LogP) is 2.66. The Labute approximate surface area is 180 Å². The third-order valence-corrected chi connectivity index (χ3v) is 6.23. The van der Waals surface area contributed by atoms with E-state index >= 15 is 0 Å². The summed E-state index contributed by atoms with van der Waals surface area (Å²) in [5.74, 6) is 0.907. The first-order valence-corrected chi connectivity index (χ1v) is 11.1. The number of rotatable bonds is 7. The van der Waals surface area contributed by atoms with Gasteiger partial charge in [0, 0.05) is 31.3 Å². The van der Waals surface area contributed by atoms with Gasteiger partial charge in [0.15, 0.2) is 5.96 Å². The summed E-state index contributed by atoms with van der Waals surface area (Å²) < 4.78 is 36.2. The molecule has 0 aliphatic carbocycles. The molecule has 1 aliphatic heterocycles. The van der Waals surface area contributed by atoms with Crippen LogP contribution in [0.15, 0.2) is 47.4 Å². The van der Waals surface area contributed by atoms with Crippen LogP contribution in [0.1, 0.15) is 18.4 Å². The van der Waals surface area contributed by atoms with Crippen LogP contribution in [0, 0.1) is 28.4 Å². The summed E-state index contributed by atoms with van der Waals surface area (Å²) in [5, 5.41) is 18.4. The highest BCUT2D eigenvalue weighted by molar-refractivity contribution is 7.87. The fourth-order valence-electron chi connectivity index (χ4n) is 3.33. The molecule has 0 bridgehead atoms. The van der Waals surface area contributed by atoms with Gasteiger partial charge in [-0.1, -0.05) is 6.07 Å². The van der Waals surface area contributed by atoms with E-state index in [4.69, 9.17) is 20.1 Å². The number of nitro benzene ring substituents is 1. The Morgan fingerprint density at radius 3 is 2.55 bits per heavy atom. The number of hydrogen-bond acceptors (Lipinski definition) is 7. The predicted molar refractivity (Wildman–Crippen MR) is 114 cm³/mol. The summed E-state index contributed by atoms with van der Waals surface area (Å²) in [4.78, 5) is 11.8. The average molecular weight is 449 g/mol. The molecular weight excluding hydrogens is 424 g/mol. The molecule has 1 saturated heterocycles. The van der Waals surface area contributed by atoms with Crippen LogP contribution in [-0.2, 0) is 10.1 Å². The third-order valence-electron chi connectivity index (χ3n) is 4.99. The molecule has 0 unspecified atom stereocenters. The van der Waals surface area contributed by atoms with E-state index in [0.29, 0.717) is 31.4 Å².